The molecule has 5 aliphatic heterocycles. The molecule has 0 spiro atoms. The molecule has 21 nitrogen and oxygen atoms in total. The van der Waals surface area contributed by atoms with Crippen LogP contribution in [0.25, 0.3) is 0 Å². The van der Waals surface area contributed by atoms with Gasteiger partial charge in [0.05, 0.1) is 49.8 Å². The zero-order chi connectivity index (χ0) is 60.7. The zero-order valence-electron chi connectivity index (χ0n) is 48.4. The molecule has 2 fully saturated rings. The van der Waals surface area contributed by atoms with Gasteiger partial charge in [0.1, 0.15) is 49.5 Å². The average Bonchev–Trinajstić information content (AvgIpc) is 2.07. The van der Waals surface area contributed by atoms with E-state index in [9.17, 15) is 43.5 Å². The number of carbonyl (C=O) groups is 8. The molecular weight excluding hydrogens is 1100 g/mol. The van der Waals surface area contributed by atoms with Gasteiger partial charge in [0.2, 0.25) is 0 Å². The van der Waals surface area contributed by atoms with Crippen LogP contribution in [0.5, 0.6) is 28.7 Å². The van der Waals surface area contributed by atoms with Crippen molar-refractivity contribution in [2.75, 3.05) is 53.0 Å². The van der Waals surface area contributed by atoms with E-state index in [2.05, 4.69) is 4.99 Å². The Bertz CT molecular complexity index is 3240. The number of nitrogens with two attached hydrogens (primary N) is 1. The second-order valence-electron chi connectivity index (χ2n) is 21.7. The van der Waals surface area contributed by atoms with Crippen molar-refractivity contribution in [3.8, 4) is 28.7 Å². The number of piperidine rings is 1. The molecule has 1 saturated heterocycles. The van der Waals surface area contributed by atoms with E-state index in [1.807, 2.05) is 66.7 Å². The van der Waals surface area contributed by atoms with Crippen molar-refractivity contribution in [2.45, 2.75) is 103 Å². The van der Waals surface area contributed by atoms with Gasteiger partial charge in [-0.15, -0.1) is 0 Å². The highest BCUT2D eigenvalue weighted by Crippen LogP contribution is 2.42. The van der Waals surface area contributed by atoms with Crippen molar-refractivity contribution < 1.29 is 67.1 Å². The molecule has 5 heterocycles. The molecule has 6 aliphatic rings. The third-order valence-corrected chi connectivity index (χ3v) is 15.8. The van der Waals surface area contributed by atoms with Crippen LogP contribution in [0.2, 0.25) is 0 Å². The summed E-state index contributed by atoms with van der Waals surface area (Å²) in [4.78, 5) is 114. The van der Waals surface area contributed by atoms with Gasteiger partial charge in [-0.3, -0.25) is 63.1 Å². The number of aliphatic hydroxyl groups is 1. The lowest BCUT2D eigenvalue weighted by Crippen LogP contribution is -2.43. The fraction of sp³-hybridized carbons (Fsp3) is 0.400. The first kappa shape index (κ1) is 61.6. The van der Waals surface area contributed by atoms with Crippen LogP contribution in [0, 0.1) is 11.8 Å². The van der Waals surface area contributed by atoms with E-state index in [1.165, 1.54) is 24.3 Å². The first-order valence-corrected chi connectivity index (χ1v) is 29.2. The van der Waals surface area contributed by atoms with Gasteiger partial charge < -0.3 is 39.4 Å². The van der Waals surface area contributed by atoms with Crippen LogP contribution in [-0.4, -0.2) is 144 Å². The van der Waals surface area contributed by atoms with Crippen LogP contribution in [0.15, 0.2) is 106 Å². The van der Waals surface area contributed by atoms with Gasteiger partial charge in [-0.25, -0.2) is 0 Å². The van der Waals surface area contributed by atoms with E-state index in [1.54, 1.807) is 31.4 Å². The lowest BCUT2D eigenvalue weighted by molar-refractivity contribution is -0.138. The van der Waals surface area contributed by atoms with Gasteiger partial charge in [0.25, 0.3) is 29.5 Å². The fourth-order valence-corrected chi connectivity index (χ4v) is 11.1. The Morgan fingerprint density at radius 2 is 1.24 bits per heavy atom. The van der Waals surface area contributed by atoms with Crippen LogP contribution in [-0.2, 0) is 48.6 Å². The summed E-state index contributed by atoms with van der Waals surface area (Å²) in [6, 6.07) is 19.9. The van der Waals surface area contributed by atoms with E-state index in [0.717, 1.165) is 71.4 Å². The number of methoxy groups -OCH3 is 1. The van der Waals surface area contributed by atoms with E-state index >= 15 is 0 Å². The molecule has 1 saturated carbocycles. The summed E-state index contributed by atoms with van der Waals surface area (Å²) in [5.74, 6) is 0.968. The molecule has 0 radical (unpaired) electrons. The quantitative estimate of drug-likeness (QED) is 0.0369. The molecule has 1 unspecified atom stereocenters. The number of Topliss-reactive ketones (excluding diaryl/α,β-unsaturated/α-hetero) is 3. The van der Waals surface area contributed by atoms with Crippen molar-refractivity contribution in [1.29, 1.82) is 0 Å². The smallest absolute Gasteiger partial charge is 0.256 e. The maximum atomic E-state index is 13.7. The monoisotopic (exact) mass is 1170 g/mol. The molecule has 0 bridgehead atoms. The number of rotatable bonds is 25. The van der Waals surface area contributed by atoms with Crippen molar-refractivity contribution >= 4 is 76.4 Å². The zero-order valence-corrected chi connectivity index (χ0v) is 48.4. The van der Waals surface area contributed by atoms with Crippen LogP contribution in [0.1, 0.15) is 121 Å². The van der Waals surface area contributed by atoms with E-state index in [0.29, 0.717) is 88.3 Å². The van der Waals surface area contributed by atoms with Crippen LogP contribution >= 0.6 is 0 Å². The molecule has 21 heteroatoms. The third kappa shape index (κ3) is 15.5. The Balaban J connectivity index is 0.000000555. The van der Waals surface area contributed by atoms with Gasteiger partial charge >= 0.3 is 0 Å². The summed E-state index contributed by atoms with van der Waals surface area (Å²) < 4.78 is 30.9. The molecule has 86 heavy (non-hydrogen) atoms. The fourth-order valence-electron chi connectivity index (χ4n) is 11.1. The summed E-state index contributed by atoms with van der Waals surface area (Å²) in [7, 11) is 1.55. The number of aliphatic imine (C=N–C) groups is 3. The number of amides is 5. The first-order valence-electron chi connectivity index (χ1n) is 29.2. The predicted octanol–water partition coefficient (Wildman–Crippen LogP) is 7.52. The van der Waals surface area contributed by atoms with Crippen LogP contribution in [0.3, 0.4) is 0 Å². The first-order chi connectivity index (χ1) is 41.7. The summed E-state index contributed by atoms with van der Waals surface area (Å²) in [5.41, 5.74) is 10.6. The highest BCUT2D eigenvalue weighted by molar-refractivity contribution is 6.13. The molecule has 0 aromatic heterocycles. The van der Waals surface area contributed by atoms with Gasteiger partial charge in [-0.1, -0.05) is 12.8 Å². The topological polar surface area (TPSA) is 276 Å². The van der Waals surface area contributed by atoms with E-state index in [-0.39, 0.29) is 130 Å². The highest BCUT2D eigenvalue weighted by atomic mass is 16.5. The minimum absolute atomic E-state index is 0.00282. The summed E-state index contributed by atoms with van der Waals surface area (Å²) in [6.45, 7) is 3.27. The Labute approximate surface area is 498 Å². The number of aliphatic hydroxyl groups excluding tert-OH is 1. The van der Waals surface area contributed by atoms with Gasteiger partial charge in [-0.2, -0.15) is 0 Å². The Morgan fingerprint density at radius 1 is 0.651 bits per heavy atom. The van der Waals surface area contributed by atoms with Crippen molar-refractivity contribution in [1.82, 2.24) is 14.7 Å². The van der Waals surface area contributed by atoms with E-state index in [4.69, 9.17) is 39.4 Å². The number of nitrogens with zero attached hydrogens (tertiary/aromatic N) is 6. The number of carbonyl (C=O) groups excluding carboxylic acids is 8. The number of ketones is 3. The maximum absolute atomic E-state index is 13.7. The minimum Gasteiger partial charge on any atom is -0.493 e. The van der Waals surface area contributed by atoms with Crippen molar-refractivity contribution in [2.24, 2.45) is 32.5 Å². The maximum Gasteiger partial charge on any atom is 0.256 e. The second-order valence-corrected chi connectivity index (χ2v) is 21.7. The van der Waals surface area contributed by atoms with Gasteiger partial charge in [0, 0.05) is 110 Å². The summed E-state index contributed by atoms with van der Waals surface area (Å²) in [6.07, 6.45) is 16.8. The molecular formula is C65H71N7O14. The number of benzene rings is 4. The molecule has 4 aromatic rings. The lowest BCUT2D eigenvalue weighted by atomic mass is 9.76. The number of imide groups is 2. The molecule has 5 amide bonds. The number of ether oxygens (including phenoxy) is 5. The summed E-state index contributed by atoms with van der Waals surface area (Å²) >= 11 is 0. The lowest BCUT2D eigenvalue weighted by Gasteiger charge is -2.32. The Morgan fingerprint density at radius 3 is 1.90 bits per heavy atom. The second kappa shape index (κ2) is 29.2. The largest absolute Gasteiger partial charge is 0.493 e. The number of hydrogen-bond acceptors (Lipinski definition) is 18. The number of fused-ring (bicyclic) bond motifs is 4. The highest BCUT2D eigenvalue weighted by Gasteiger charge is 2.35. The van der Waals surface area contributed by atoms with E-state index < -0.39 is 0 Å². The standard InChI is InChI=1S/C56H59N5O11.C9H12N2O3/c1-35(57-31-42(63)10-7-19-61-53(64)16-17-54(61)65)38-12-14-43(15-13-38)69-20-21-70-44-23-36(33-71-50-27-49-47(25-40(50)32-62)56(67)60-18-6-5-9-41(60)30-59-49)22-37(24-44)34-72-52-28-48-46(26-51(52)68-2)55(66)45-11-4-3-8-39(45)29-58-48;10-6-7(12)2-1-5-11-8(13)3-4-9(11)14/h12-17,22-30,39,41,45,62H,3-11,18-21,31-34H2,1-2H3;3-4H,1-2,5-6,10H2/t39-,41-,45?;/m0./s1. The SMILES string of the molecule is COc1cc2c(cc1OCc1cc(COc3cc4c(cc3CO)C(=O)N3CCCC[C@H]3C=N4)cc(OCCOc3ccc(C(C)=NCC(=O)CCCN4C(=O)C=CC4=O)cc3)c1)N=C[C@@H]1CCCCC1C2=O.NCC(=O)CCCN1C(=O)C=CC1=O. The van der Waals surface area contributed by atoms with Crippen molar-refractivity contribution in [3.63, 3.8) is 0 Å². The third-order valence-electron chi connectivity index (χ3n) is 15.8. The predicted molar refractivity (Wildman–Crippen MR) is 319 cm³/mol. The average molecular weight is 1170 g/mol. The van der Waals surface area contributed by atoms with Gasteiger partial charge in [-0.05, 0) is 123 Å². The van der Waals surface area contributed by atoms with Crippen LogP contribution in [0.4, 0.5) is 11.4 Å². The molecule has 3 atom stereocenters. The molecule has 450 valence electrons. The molecule has 10 rings (SSSR count). The van der Waals surface area contributed by atoms with Gasteiger partial charge in [0.15, 0.2) is 23.1 Å². The number of hydrogen-bond donors (Lipinski definition) is 2. The molecule has 1 aliphatic carbocycles. The molecule has 4 aromatic carbocycles. The van der Waals surface area contributed by atoms with Crippen LogP contribution < -0.4 is 29.4 Å². The van der Waals surface area contributed by atoms with Crippen molar-refractivity contribution in [3.05, 3.63) is 124 Å². The minimum atomic E-state index is -0.359. The normalized spacial score (nSPS) is 18.6. The Kier molecular flexibility index (Phi) is 20.9. The summed E-state index contributed by atoms with van der Waals surface area (Å²) in [5, 5.41) is 10.5. The molecule has 3 N–H and O–H groups in total. The Hall–Kier alpha value is -8.95.